The van der Waals surface area contributed by atoms with Crippen LogP contribution < -0.4 is 21.5 Å². The number of hydrogen-bond acceptors (Lipinski definition) is 6. The SMILES string of the molecule is COC(=O)c1cccc(C(=O)NC(=S)NNC(=O)c2ccc(NC(=O)C3CCCCC3)cc2)c1. The lowest BCUT2D eigenvalue weighted by Gasteiger charge is -2.20. The third kappa shape index (κ3) is 6.85. The van der Waals surface area contributed by atoms with Crippen LogP contribution in [-0.2, 0) is 9.53 Å². The average Bonchev–Trinajstić information content (AvgIpc) is 2.87. The second-order valence-corrected chi connectivity index (χ2v) is 8.24. The first kappa shape index (κ1) is 24.8. The maximum absolute atomic E-state index is 12.4. The molecule has 0 aromatic heterocycles. The van der Waals surface area contributed by atoms with Crippen molar-refractivity contribution in [3.05, 3.63) is 65.2 Å². The Morgan fingerprint density at radius 3 is 2.21 bits per heavy atom. The molecule has 0 bridgehead atoms. The van der Waals surface area contributed by atoms with Crippen LogP contribution in [0.4, 0.5) is 5.69 Å². The number of nitrogens with one attached hydrogen (secondary N) is 4. The normalized spacial score (nSPS) is 13.3. The van der Waals surface area contributed by atoms with Crippen LogP contribution in [0.1, 0.15) is 63.2 Å². The van der Waals surface area contributed by atoms with E-state index in [9.17, 15) is 19.2 Å². The van der Waals surface area contributed by atoms with E-state index >= 15 is 0 Å². The van der Waals surface area contributed by atoms with Gasteiger partial charge in [0.05, 0.1) is 12.7 Å². The number of hydrogen-bond donors (Lipinski definition) is 4. The number of carbonyl (C=O) groups excluding carboxylic acids is 4. The predicted molar refractivity (Wildman–Crippen MR) is 130 cm³/mol. The summed E-state index contributed by atoms with van der Waals surface area (Å²) in [6, 6.07) is 12.4. The Hall–Kier alpha value is -3.79. The number of benzene rings is 2. The Morgan fingerprint density at radius 2 is 1.53 bits per heavy atom. The van der Waals surface area contributed by atoms with Gasteiger partial charge in [0.15, 0.2) is 5.11 Å². The molecule has 1 fully saturated rings. The van der Waals surface area contributed by atoms with Gasteiger partial charge in [-0.3, -0.25) is 30.6 Å². The molecule has 1 aliphatic rings. The molecule has 9 nitrogen and oxygen atoms in total. The fourth-order valence-electron chi connectivity index (χ4n) is 3.61. The van der Waals surface area contributed by atoms with E-state index in [1.54, 1.807) is 30.3 Å². The van der Waals surface area contributed by atoms with Gasteiger partial charge in [-0.15, -0.1) is 0 Å². The van der Waals surface area contributed by atoms with E-state index in [2.05, 4.69) is 26.2 Å². The summed E-state index contributed by atoms with van der Waals surface area (Å²) in [6.07, 6.45) is 5.15. The Morgan fingerprint density at radius 1 is 0.853 bits per heavy atom. The highest BCUT2D eigenvalue weighted by Crippen LogP contribution is 2.25. The highest BCUT2D eigenvalue weighted by molar-refractivity contribution is 7.80. The van der Waals surface area contributed by atoms with Crippen molar-refractivity contribution in [3.8, 4) is 0 Å². The molecule has 4 N–H and O–H groups in total. The van der Waals surface area contributed by atoms with Crippen LogP contribution in [0.15, 0.2) is 48.5 Å². The van der Waals surface area contributed by atoms with Gasteiger partial charge in [-0.05, 0) is 67.5 Å². The van der Waals surface area contributed by atoms with Crippen LogP contribution in [0.3, 0.4) is 0 Å². The molecule has 0 saturated heterocycles. The van der Waals surface area contributed by atoms with Gasteiger partial charge in [0, 0.05) is 22.7 Å². The van der Waals surface area contributed by atoms with Crippen molar-refractivity contribution in [1.82, 2.24) is 16.2 Å². The fourth-order valence-corrected chi connectivity index (χ4v) is 3.76. The summed E-state index contributed by atoms with van der Waals surface area (Å²) in [4.78, 5) is 48.6. The summed E-state index contributed by atoms with van der Waals surface area (Å²) in [6.45, 7) is 0. The molecule has 178 valence electrons. The minimum Gasteiger partial charge on any atom is -0.465 e. The van der Waals surface area contributed by atoms with E-state index in [4.69, 9.17) is 12.2 Å². The lowest BCUT2D eigenvalue weighted by Crippen LogP contribution is -2.48. The molecule has 1 saturated carbocycles. The molecule has 0 spiro atoms. The van der Waals surface area contributed by atoms with E-state index in [0.717, 1.165) is 25.7 Å². The summed E-state index contributed by atoms with van der Waals surface area (Å²) < 4.78 is 4.64. The number of carbonyl (C=O) groups is 4. The van der Waals surface area contributed by atoms with Gasteiger partial charge in [-0.2, -0.15) is 0 Å². The number of ether oxygens (including phenoxy) is 1. The zero-order chi connectivity index (χ0) is 24.5. The monoisotopic (exact) mass is 482 g/mol. The van der Waals surface area contributed by atoms with Crippen LogP contribution in [0, 0.1) is 5.92 Å². The Bertz CT molecular complexity index is 1080. The quantitative estimate of drug-likeness (QED) is 0.293. The molecule has 34 heavy (non-hydrogen) atoms. The largest absolute Gasteiger partial charge is 0.465 e. The van der Waals surface area contributed by atoms with Gasteiger partial charge >= 0.3 is 5.97 Å². The van der Waals surface area contributed by atoms with Crippen molar-refractivity contribution in [2.24, 2.45) is 5.92 Å². The number of methoxy groups -OCH3 is 1. The highest BCUT2D eigenvalue weighted by atomic mass is 32.1. The molecule has 0 aliphatic heterocycles. The Labute approximate surface area is 202 Å². The predicted octanol–water partition coefficient (Wildman–Crippen LogP) is 2.94. The average molecular weight is 483 g/mol. The van der Waals surface area contributed by atoms with Crippen molar-refractivity contribution in [3.63, 3.8) is 0 Å². The number of thiocarbonyl (C=S) groups is 1. The van der Waals surface area contributed by atoms with Crippen molar-refractivity contribution in [2.45, 2.75) is 32.1 Å². The van der Waals surface area contributed by atoms with Crippen molar-refractivity contribution >= 4 is 46.7 Å². The first-order valence-electron chi connectivity index (χ1n) is 10.9. The van der Waals surface area contributed by atoms with Crippen LogP contribution >= 0.6 is 12.2 Å². The molecular formula is C24H26N4O5S. The minimum atomic E-state index is -0.567. The summed E-state index contributed by atoms with van der Waals surface area (Å²) in [7, 11) is 1.25. The third-order valence-electron chi connectivity index (χ3n) is 5.45. The number of amides is 3. The van der Waals surface area contributed by atoms with Crippen LogP contribution in [0.2, 0.25) is 0 Å². The topological polar surface area (TPSA) is 126 Å². The molecule has 0 unspecified atom stereocenters. The molecule has 3 amide bonds. The number of rotatable bonds is 5. The van der Waals surface area contributed by atoms with Gasteiger partial charge in [-0.25, -0.2) is 4.79 Å². The first-order valence-corrected chi connectivity index (χ1v) is 11.3. The molecule has 2 aromatic rings. The number of esters is 1. The third-order valence-corrected chi connectivity index (χ3v) is 5.66. The molecule has 2 aromatic carbocycles. The van der Waals surface area contributed by atoms with Crippen molar-refractivity contribution in [1.29, 1.82) is 0 Å². The second-order valence-electron chi connectivity index (χ2n) is 7.84. The Balaban J connectivity index is 1.47. The second kappa shape index (κ2) is 11.9. The summed E-state index contributed by atoms with van der Waals surface area (Å²) in [5, 5.41) is 5.19. The van der Waals surface area contributed by atoms with Crippen LogP contribution in [-0.4, -0.2) is 35.9 Å². The summed E-state index contributed by atoms with van der Waals surface area (Å²) >= 11 is 5.04. The molecule has 10 heteroatoms. The Kier molecular flexibility index (Phi) is 8.69. The highest BCUT2D eigenvalue weighted by Gasteiger charge is 2.21. The van der Waals surface area contributed by atoms with Gasteiger partial charge in [0.25, 0.3) is 11.8 Å². The summed E-state index contributed by atoms with van der Waals surface area (Å²) in [5.41, 5.74) is 6.24. The molecule has 0 atom stereocenters. The lowest BCUT2D eigenvalue weighted by molar-refractivity contribution is -0.120. The van der Waals surface area contributed by atoms with E-state index in [-0.39, 0.29) is 28.1 Å². The number of anilines is 1. The van der Waals surface area contributed by atoms with Crippen molar-refractivity contribution < 1.29 is 23.9 Å². The van der Waals surface area contributed by atoms with Gasteiger partial charge in [-0.1, -0.05) is 25.3 Å². The van der Waals surface area contributed by atoms with Crippen LogP contribution in [0.5, 0.6) is 0 Å². The molecule has 1 aliphatic carbocycles. The van der Waals surface area contributed by atoms with Crippen molar-refractivity contribution in [2.75, 3.05) is 12.4 Å². The van der Waals surface area contributed by atoms with E-state index in [1.165, 1.54) is 31.7 Å². The maximum Gasteiger partial charge on any atom is 0.337 e. The zero-order valence-corrected chi connectivity index (χ0v) is 19.5. The lowest BCUT2D eigenvalue weighted by atomic mass is 9.88. The van der Waals surface area contributed by atoms with Gasteiger partial charge < -0.3 is 10.1 Å². The molecular weight excluding hydrogens is 456 g/mol. The zero-order valence-electron chi connectivity index (χ0n) is 18.7. The smallest absolute Gasteiger partial charge is 0.337 e. The van der Waals surface area contributed by atoms with E-state index < -0.39 is 17.8 Å². The standard InChI is InChI=1S/C24H26N4O5S/c1-33-23(32)18-9-5-8-17(14-18)21(30)26-24(34)28-27-22(31)16-10-12-19(13-11-16)25-20(29)15-6-3-2-4-7-15/h5,8-15H,2-4,6-7H2,1H3,(H,25,29)(H,27,31)(H2,26,28,30,34). The summed E-state index contributed by atoms with van der Waals surface area (Å²) in [5.74, 6) is -1.55. The van der Waals surface area contributed by atoms with E-state index in [1.807, 2.05) is 0 Å². The van der Waals surface area contributed by atoms with Crippen LogP contribution in [0.25, 0.3) is 0 Å². The van der Waals surface area contributed by atoms with Gasteiger partial charge in [0.1, 0.15) is 0 Å². The molecule has 0 radical (unpaired) electrons. The van der Waals surface area contributed by atoms with E-state index in [0.29, 0.717) is 11.3 Å². The van der Waals surface area contributed by atoms with Gasteiger partial charge in [0.2, 0.25) is 5.91 Å². The minimum absolute atomic E-state index is 0.0109. The maximum atomic E-state index is 12.4. The number of hydrazine groups is 1. The molecule has 3 rings (SSSR count). The molecule has 0 heterocycles. The fraction of sp³-hybridized carbons (Fsp3) is 0.292. The first-order chi connectivity index (χ1) is 16.4.